The molecule has 0 radical (unpaired) electrons. The third-order valence-electron chi connectivity index (χ3n) is 7.21. The monoisotopic (exact) mass is 583 g/mol. The Hall–Kier alpha value is -5.03. The topological polar surface area (TPSA) is 121 Å². The SMILES string of the molecule is CNC(=O)c1c(-c2ccc(C)cc2)oc2cc(N(C)S(C)(=O)=O)c(-c3cncc(-c4cc5c(F)cccc5[nH]4)n3)cc12. The van der Waals surface area contributed by atoms with Gasteiger partial charge in [0.05, 0.1) is 41.3 Å². The number of hydrogen-bond acceptors (Lipinski definition) is 6. The summed E-state index contributed by atoms with van der Waals surface area (Å²) in [4.78, 5) is 25.5. The van der Waals surface area contributed by atoms with Crippen molar-refractivity contribution in [1.29, 1.82) is 0 Å². The van der Waals surface area contributed by atoms with Gasteiger partial charge in [0.15, 0.2) is 0 Å². The molecule has 0 aliphatic carbocycles. The number of aromatic nitrogens is 3. The molecule has 3 aromatic carbocycles. The van der Waals surface area contributed by atoms with Crippen LogP contribution in [-0.4, -0.2) is 49.6 Å². The summed E-state index contributed by atoms with van der Waals surface area (Å²) in [6.45, 7) is 1.96. The van der Waals surface area contributed by atoms with E-state index in [0.29, 0.717) is 61.4 Å². The summed E-state index contributed by atoms with van der Waals surface area (Å²) in [5.41, 5.74) is 4.99. The maximum Gasteiger partial charge on any atom is 0.255 e. The molecule has 3 aromatic heterocycles. The number of furan rings is 1. The van der Waals surface area contributed by atoms with E-state index in [1.807, 2.05) is 31.2 Å². The van der Waals surface area contributed by atoms with E-state index in [2.05, 4.69) is 15.3 Å². The first-order valence-electron chi connectivity index (χ1n) is 13.0. The van der Waals surface area contributed by atoms with Crippen LogP contribution in [0.3, 0.4) is 0 Å². The molecule has 0 saturated heterocycles. The summed E-state index contributed by atoms with van der Waals surface area (Å²) >= 11 is 0. The van der Waals surface area contributed by atoms with Gasteiger partial charge in [-0.3, -0.25) is 14.1 Å². The summed E-state index contributed by atoms with van der Waals surface area (Å²) in [5, 5.41) is 3.57. The lowest BCUT2D eigenvalue weighted by Gasteiger charge is -2.20. The summed E-state index contributed by atoms with van der Waals surface area (Å²) in [6, 6.07) is 17.2. The summed E-state index contributed by atoms with van der Waals surface area (Å²) in [7, 11) is -0.740. The Kier molecular flexibility index (Phi) is 6.53. The fourth-order valence-corrected chi connectivity index (χ4v) is 5.43. The number of benzene rings is 3. The van der Waals surface area contributed by atoms with Gasteiger partial charge in [-0.15, -0.1) is 0 Å². The van der Waals surface area contributed by atoms with Crippen molar-refractivity contribution in [2.75, 3.05) is 24.7 Å². The number of carbonyl (C=O) groups excluding carboxylic acids is 1. The minimum absolute atomic E-state index is 0.284. The molecule has 0 saturated carbocycles. The van der Waals surface area contributed by atoms with Crippen LogP contribution in [0.25, 0.3) is 55.8 Å². The van der Waals surface area contributed by atoms with Gasteiger partial charge in [0.2, 0.25) is 10.0 Å². The number of halogens is 1. The second kappa shape index (κ2) is 10.1. The highest BCUT2D eigenvalue weighted by atomic mass is 32.2. The van der Waals surface area contributed by atoms with Crippen molar-refractivity contribution in [2.24, 2.45) is 0 Å². The molecule has 0 aliphatic rings. The van der Waals surface area contributed by atoms with Gasteiger partial charge >= 0.3 is 0 Å². The van der Waals surface area contributed by atoms with Crippen molar-refractivity contribution in [1.82, 2.24) is 20.3 Å². The lowest BCUT2D eigenvalue weighted by molar-refractivity contribution is 0.0964. The molecule has 0 spiro atoms. The number of amides is 1. The summed E-state index contributed by atoms with van der Waals surface area (Å²) in [5.74, 6) is -0.374. The normalized spacial score (nSPS) is 11.7. The van der Waals surface area contributed by atoms with Crippen LogP contribution in [-0.2, 0) is 10.0 Å². The van der Waals surface area contributed by atoms with E-state index in [4.69, 9.17) is 9.40 Å². The number of aryl methyl sites for hydroxylation is 1. The number of nitrogens with zero attached hydrogens (tertiary/aromatic N) is 3. The van der Waals surface area contributed by atoms with Crippen LogP contribution in [0.15, 0.2) is 77.5 Å². The minimum Gasteiger partial charge on any atom is -0.455 e. The fraction of sp³-hybridized carbons (Fsp3) is 0.129. The Morgan fingerprint density at radius 3 is 2.45 bits per heavy atom. The van der Waals surface area contributed by atoms with E-state index in [-0.39, 0.29) is 17.4 Å². The molecule has 3 heterocycles. The van der Waals surface area contributed by atoms with Gasteiger partial charge < -0.3 is 14.7 Å². The van der Waals surface area contributed by atoms with E-state index >= 15 is 0 Å². The zero-order chi connectivity index (χ0) is 29.8. The van der Waals surface area contributed by atoms with Gasteiger partial charge in [-0.2, -0.15) is 0 Å². The Morgan fingerprint density at radius 2 is 1.76 bits per heavy atom. The number of sulfonamides is 1. The molecule has 42 heavy (non-hydrogen) atoms. The second-order valence-corrected chi connectivity index (χ2v) is 12.0. The highest BCUT2D eigenvalue weighted by Gasteiger charge is 2.26. The lowest BCUT2D eigenvalue weighted by Crippen LogP contribution is -2.25. The molecule has 2 N–H and O–H groups in total. The van der Waals surface area contributed by atoms with Gasteiger partial charge in [0.25, 0.3) is 5.91 Å². The highest BCUT2D eigenvalue weighted by molar-refractivity contribution is 7.92. The van der Waals surface area contributed by atoms with E-state index in [9.17, 15) is 17.6 Å². The van der Waals surface area contributed by atoms with Gasteiger partial charge in [0, 0.05) is 47.6 Å². The van der Waals surface area contributed by atoms with E-state index in [1.54, 1.807) is 30.3 Å². The van der Waals surface area contributed by atoms with Crippen molar-refractivity contribution in [3.63, 3.8) is 0 Å². The van der Waals surface area contributed by atoms with Crippen LogP contribution in [0.2, 0.25) is 0 Å². The van der Waals surface area contributed by atoms with Crippen molar-refractivity contribution < 1.29 is 22.0 Å². The minimum atomic E-state index is -3.70. The van der Waals surface area contributed by atoms with Crippen LogP contribution < -0.4 is 9.62 Å². The Bertz CT molecular complexity index is 2120. The first kappa shape index (κ1) is 27.2. The first-order chi connectivity index (χ1) is 20.0. The molecule has 0 atom stereocenters. The zero-order valence-corrected chi connectivity index (χ0v) is 24.0. The zero-order valence-electron chi connectivity index (χ0n) is 23.2. The largest absolute Gasteiger partial charge is 0.455 e. The average molecular weight is 584 g/mol. The summed E-state index contributed by atoms with van der Waals surface area (Å²) < 4.78 is 47.1. The van der Waals surface area contributed by atoms with E-state index in [1.165, 1.54) is 32.6 Å². The molecular weight excluding hydrogens is 557 g/mol. The first-order valence-corrected chi connectivity index (χ1v) is 14.8. The molecule has 9 nitrogen and oxygen atoms in total. The van der Waals surface area contributed by atoms with Crippen molar-refractivity contribution in [3.05, 3.63) is 90.0 Å². The predicted octanol–water partition coefficient (Wildman–Crippen LogP) is 5.91. The number of anilines is 1. The molecule has 6 aromatic rings. The summed E-state index contributed by atoms with van der Waals surface area (Å²) in [6.07, 6.45) is 4.14. The molecule has 11 heteroatoms. The Balaban J connectivity index is 1.60. The third kappa shape index (κ3) is 4.67. The molecular formula is C31H26FN5O4S. The van der Waals surface area contributed by atoms with Crippen molar-refractivity contribution >= 4 is 43.5 Å². The maximum absolute atomic E-state index is 14.4. The van der Waals surface area contributed by atoms with Crippen LogP contribution >= 0.6 is 0 Å². The number of rotatable bonds is 6. The molecule has 212 valence electrons. The smallest absolute Gasteiger partial charge is 0.255 e. The third-order valence-corrected chi connectivity index (χ3v) is 8.40. The quantitative estimate of drug-likeness (QED) is 0.252. The number of fused-ring (bicyclic) bond motifs is 2. The maximum atomic E-state index is 14.4. The molecule has 0 bridgehead atoms. The molecule has 0 unspecified atom stereocenters. The lowest BCUT2D eigenvalue weighted by atomic mass is 10.0. The van der Waals surface area contributed by atoms with Crippen LogP contribution in [0.4, 0.5) is 10.1 Å². The highest BCUT2D eigenvalue weighted by Crippen LogP contribution is 2.41. The number of hydrogen-bond donors (Lipinski definition) is 2. The molecule has 6 rings (SSSR count). The van der Waals surface area contributed by atoms with Gasteiger partial charge in [-0.25, -0.2) is 17.8 Å². The standard InChI is InChI=1S/C31H26FN5O4S/c1-17-8-10-18(11-9-17)30-29(31(38)33-2)21-12-20(27(14-28(21)41-30)37(3)42(4,39)40)25-15-34-16-26(36-25)24-13-19-22(32)6-5-7-23(19)35-24/h5-16,35H,1-4H3,(H,33,38). The van der Waals surface area contributed by atoms with Gasteiger partial charge in [-0.1, -0.05) is 35.9 Å². The average Bonchev–Trinajstić information content (AvgIpc) is 3.58. The van der Waals surface area contributed by atoms with Crippen molar-refractivity contribution in [2.45, 2.75) is 6.92 Å². The van der Waals surface area contributed by atoms with Gasteiger partial charge in [-0.05, 0) is 31.2 Å². The van der Waals surface area contributed by atoms with Crippen LogP contribution in [0.1, 0.15) is 15.9 Å². The number of H-pyrrole nitrogens is 1. The predicted molar refractivity (Wildman–Crippen MR) is 161 cm³/mol. The van der Waals surface area contributed by atoms with E-state index in [0.717, 1.165) is 16.1 Å². The molecule has 1 amide bonds. The Morgan fingerprint density at radius 1 is 1.02 bits per heavy atom. The number of aromatic amines is 1. The van der Waals surface area contributed by atoms with Crippen molar-refractivity contribution in [3.8, 4) is 34.0 Å². The van der Waals surface area contributed by atoms with Crippen LogP contribution in [0, 0.1) is 12.7 Å². The Labute approximate surface area is 241 Å². The molecule has 0 aliphatic heterocycles. The number of carbonyl (C=O) groups is 1. The fourth-order valence-electron chi connectivity index (χ4n) is 4.92. The van der Waals surface area contributed by atoms with Gasteiger partial charge in [0.1, 0.15) is 22.9 Å². The van der Waals surface area contributed by atoms with E-state index < -0.39 is 10.0 Å². The molecule has 0 fully saturated rings. The number of nitrogens with one attached hydrogen (secondary N) is 2. The van der Waals surface area contributed by atoms with Crippen LogP contribution in [0.5, 0.6) is 0 Å². The second-order valence-electron chi connectivity index (χ2n) is 10.0.